The van der Waals surface area contributed by atoms with Crippen molar-refractivity contribution in [2.24, 2.45) is 0 Å². The Morgan fingerprint density at radius 2 is 2.38 bits per heavy atom. The number of hydrogen-bond acceptors (Lipinski definition) is 5. The maximum absolute atomic E-state index is 12.1. The van der Waals surface area contributed by atoms with E-state index in [4.69, 9.17) is 14.6 Å². The quantitative estimate of drug-likeness (QED) is 0.585. The first kappa shape index (κ1) is 11.8. The number of nitrogens with zero attached hydrogens (tertiary/aromatic N) is 1. The van der Waals surface area contributed by atoms with Gasteiger partial charge >= 0.3 is 0 Å². The monoisotopic (exact) mass is 230 g/mol. The number of amides is 1. The van der Waals surface area contributed by atoms with Crippen LogP contribution in [0.25, 0.3) is 0 Å². The van der Waals surface area contributed by atoms with Crippen LogP contribution >= 0.6 is 0 Å². The Hall–Kier alpha value is -0.690. The number of rotatable bonds is 2. The van der Waals surface area contributed by atoms with Crippen LogP contribution in [0.15, 0.2) is 0 Å². The fraction of sp³-hybridized carbons (Fsp3) is 0.900. The molecule has 2 fully saturated rings. The zero-order chi connectivity index (χ0) is 11.4. The molecule has 0 aliphatic carbocycles. The van der Waals surface area contributed by atoms with Gasteiger partial charge in [0.15, 0.2) is 0 Å². The molecule has 0 bridgehead atoms. The van der Waals surface area contributed by atoms with E-state index in [1.807, 2.05) is 0 Å². The summed E-state index contributed by atoms with van der Waals surface area (Å²) < 4.78 is 10.6. The summed E-state index contributed by atoms with van der Waals surface area (Å²) in [6.45, 7) is 3.31. The Bertz CT molecular complexity index is 243. The Morgan fingerprint density at radius 1 is 1.50 bits per heavy atom. The van der Waals surface area contributed by atoms with Gasteiger partial charge in [0.2, 0.25) is 5.91 Å². The second kappa shape index (κ2) is 5.58. The molecular formula is C10H18N2O4. The Labute approximate surface area is 94.5 Å². The van der Waals surface area contributed by atoms with Gasteiger partial charge in [0.1, 0.15) is 6.04 Å². The fourth-order valence-corrected chi connectivity index (χ4v) is 1.97. The van der Waals surface area contributed by atoms with Crippen LogP contribution in [0.5, 0.6) is 0 Å². The summed E-state index contributed by atoms with van der Waals surface area (Å²) >= 11 is 0. The predicted octanol–water partition coefficient (Wildman–Crippen LogP) is -1.81. The fourth-order valence-electron chi connectivity index (χ4n) is 1.97. The van der Waals surface area contributed by atoms with Crippen LogP contribution < -0.4 is 5.32 Å². The molecule has 2 rings (SSSR count). The number of aliphatic hydroxyl groups excluding tert-OH is 1. The molecule has 0 aromatic rings. The molecule has 16 heavy (non-hydrogen) atoms. The maximum atomic E-state index is 12.1. The highest BCUT2D eigenvalue weighted by Gasteiger charge is 2.30. The number of ether oxygens (including phenoxy) is 2. The van der Waals surface area contributed by atoms with Crippen molar-refractivity contribution in [3.8, 4) is 0 Å². The average molecular weight is 230 g/mol. The highest BCUT2D eigenvalue weighted by Crippen LogP contribution is 2.07. The van der Waals surface area contributed by atoms with Crippen molar-refractivity contribution >= 4 is 5.91 Å². The number of aliphatic hydroxyl groups is 1. The van der Waals surface area contributed by atoms with Crippen molar-refractivity contribution < 1.29 is 19.4 Å². The normalized spacial score (nSPS) is 31.4. The molecule has 2 N–H and O–H groups in total. The van der Waals surface area contributed by atoms with E-state index in [0.29, 0.717) is 39.5 Å². The lowest BCUT2D eigenvalue weighted by Crippen LogP contribution is -2.56. The molecule has 2 aliphatic rings. The molecule has 6 nitrogen and oxygen atoms in total. The van der Waals surface area contributed by atoms with E-state index >= 15 is 0 Å². The molecule has 2 unspecified atom stereocenters. The van der Waals surface area contributed by atoms with Crippen LogP contribution in [-0.4, -0.2) is 74.1 Å². The molecule has 0 spiro atoms. The second-order valence-corrected chi connectivity index (χ2v) is 4.04. The highest BCUT2D eigenvalue weighted by molar-refractivity contribution is 5.82. The van der Waals surface area contributed by atoms with Crippen molar-refractivity contribution in [3.63, 3.8) is 0 Å². The molecule has 2 saturated heterocycles. The van der Waals surface area contributed by atoms with Crippen LogP contribution in [0.4, 0.5) is 0 Å². The van der Waals surface area contributed by atoms with E-state index < -0.39 is 0 Å². The van der Waals surface area contributed by atoms with Gasteiger partial charge in [-0.15, -0.1) is 0 Å². The van der Waals surface area contributed by atoms with Gasteiger partial charge in [0.25, 0.3) is 0 Å². The van der Waals surface area contributed by atoms with Crippen molar-refractivity contribution in [2.75, 3.05) is 46.1 Å². The second-order valence-electron chi connectivity index (χ2n) is 4.04. The van der Waals surface area contributed by atoms with Gasteiger partial charge < -0.3 is 24.8 Å². The standard InChI is InChI=1S/C10H18N2O4/c13-6-8-5-12(2-4-16-8)10(14)9-7-15-3-1-11-9/h8-9,11,13H,1-7H2. The summed E-state index contributed by atoms with van der Waals surface area (Å²) in [5.74, 6) is 0.0430. The van der Waals surface area contributed by atoms with Crippen LogP contribution in [0.1, 0.15) is 0 Å². The van der Waals surface area contributed by atoms with E-state index in [9.17, 15) is 4.79 Å². The van der Waals surface area contributed by atoms with E-state index in [2.05, 4.69) is 5.32 Å². The van der Waals surface area contributed by atoms with Crippen LogP contribution in [0.3, 0.4) is 0 Å². The Balaban J connectivity index is 1.87. The Kier molecular flexibility index (Phi) is 4.11. The molecule has 1 amide bonds. The third kappa shape index (κ3) is 2.70. The van der Waals surface area contributed by atoms with Crippen LogP contribution in [0.2, 0.25) is 0 Å². The van der Waals surface area contributed by atoms with E-state index in [-0.39, 0.29) is 24.7 Å². The van der Waals surface area contributed by atoms with Crippen LogP contribution in [0, 0.1) is 0 Å². The molecule has 2 heterocycles. The van der Waals surface area contributed by atoms with Crippen molar-refractivity contribution in [1.82, 2.24) is 10.2 Å². The summed E-state index contributed by atoms with van der Waals surface area (Å²) in [5.41, 5.74) is 0. The third-order valence-electron chi connectivity index (χ3n) is 2.87. The molecule has 2 atom stereocenters. The van der Waals surface area contributed by atoms with Gasteiger partial charge in [-0.2, -0.15) is 0 Å². The minimum Gasteiger partial charge on any atom is -0.394 e. The van der Waals surface area contributed by atoms with E-state index in [1.54, 1.807) is 4.90 Å². The van der Waals surface area contributed by atoms with Gasteiger partial charge in [-0.3, -0.25) is 4.79 Å². The number of morpholine rings is 2. The zero-order valence-electron chi connectivity index (χ0n) is 9.22. The van der Waals surface area contributed by atoms with Gasteiger partial charge in [0.05, 0.1) is 32.5 Å². The van der Waals surface area contributed by atoms with Crippen molar-refractivity contribution in [1.29, 1.82) is 0 Å². The molecule has 6 heteroatoms. The predicted molar refractivity (Wildman–Crippen MR) is 56.0 cm³/mol. The molecule has 0 saturated carbocycles. The minimum absolute atomic E-state index is 0.0430. The third-order valence-corrected chi connectivity index (χ3v) is 2.87. The summed E-state index contributed by atoms with van der Waals surface area (Å²) in [6, 6.07) is -0.244. The lowest BCUT2D eigenvalue weighted by atomic mass is 10.2. The van der Waals surface area contributed by atoms with E-state index in [1.165, 1.54) is 0 Å². The molecule has 0 aromatic carbocycles. The number of nitrogens with one attached hydrogen (secondary N) is 1. The SMILES string of the molecule is O=C(C1COCCN1)N1CCOC(CO)C1. The molecule has 2 aliphatic heterocycles. The van der Waals surface area contributed by atoms with Gasteiger partial charge in [-0.25, -0.2) is 0 Å². The topological polar surface area (TPSA) is 71.0 Å². The maximum Gasteiger partial charge on any atom is 0.242 e. The average Bonchev–Trinajstić information content (AvgIpc) is 2.39. The zero-order valence-corrected chi connectivity index (χ0v) is 9.22. The lowest BCUT2D eigenvalue weighted by molar-refractivity contribution is -0.145. The molecule has 92 valence electrons. The van der Waals surface area contributed by atoms with Gasteiger partial charge in [-0.1, -0.05) is 0 Å². The van der Waals surface area contributed by atoms with E-state index in [0.717, 1.165) is 0 Å². The first-order chi connectivity index (χ1) is 7.81. The molecule has 0 radical (unpaired) electrons. The Morgan fingerprint density at radius 3 is 3.06 bits per heavy atom. The first-order valence-corrected chi connectivity index (χ1v) is 5.63. The minimum atomic E-state index is -0.248. The van der Waals surface area contributed by atoms with Crippen molar-refractivity contribution in [2.45, 2.75) is 12.1 Å². The number of carbonyl (C=O) groups is 1. The van der Waals surface area contributed by atoms with Crippen molar-refractivity contribution in [3.05, 3.63) is 0 Å². The first-order valence-electron chi connectivity index (χ1n) is 5.63. The summed E-state index contributed by atoms with van der Waals surface area (Å²) in [5, 5.41) is 12.1. The molecular weight excluding hydrogens is 212 g/mol. The number of carbonyl (C=O) groups excluding carboxylic acids is 1. The number of hydrogen-bond donors (Lipinski definition) is 2. The largest absolute Gasteiger partial charge is 0.394 e. The summed E-state index contributed by atoms with van der Waals surface area (Å²) in [7, 11) is 0. The smallest absolute Gasteiger partial charge is 0.242 e. The summed E-state index contributed by atoms with van der Waals surface area (Å²) in [6.07, 6.45) is -0.248. The van der Waals surface area contributed by atoms with Crippen LogP contribution in [-0.2, 0) is 14.3 Å². The lowest BCUT2D eigenvalue weighted by Gasteiger charge is -2.35. The van der Waals surface area contributed by atoms with Gasteiger partial charge in [-0.05, 0) is 0 Å². The molecule has 0 aromatic heterocycles. The highest BCUT2D eigenvalue weighted by atomic mass is 16.5. The summed E-state index contributed by atoms with van der Waals surface area (Å²) in [4.78, 5) is 13.8. The van der Waals surface area contributed by atoms with Gasteiger partial charge in [0, 0.05) is 19.6 Å².